The SMILES string of the molecule is Cc1cc2c(nc1NC(=O)CC(C)(C)C)OCCN2Cc1ccc(C(F)(F)F)cc1. The highest BCUT2D eigenvalue weighted by atomic mass is 19.4. The van der Waals surface area contributed by atoms with Crippen molar-refractivity contribution in [3.8, 4) is 5.88 Å². The summed E-state index contributed by atoms with van der Waals surface area (Å²) in [4.78, 5) is 18.8. The Balaban J connectivity index is 1.77. The number of hydrogen-bond donors (Lipinski definition) is 1. The van der Waals surface area contributed by atoms with Gasteiger partial charge in [0, 0.05) is 13.0 Å². The van der Waals surface area contributed by atoms with Crippen molar-refractivity contribution >= 4 is 17.4 Å². The maximum absolute atomic E-state index is 12.8. The van der Waals surface area contributed by atoms with Crippen molar-refractivity contribution in [3.63, 3.8) is 0 Å². The summed E-state index contributed by atoms with van der Waals surface area (Å²) in [5.74, 6) is 0.750. The van der Waals surface area contributed by atoms with E-state index in [0.717, 1.165) is 28.9 Å². The van der Waals surface area contributed by atoms with Gasteiger partial charge >= 0.3 is 6.18 Å². The van der Waals surface area contributed by atoms with Crippen molar-refractivity contribution in [2.75, 3.05) is 23.4 Å². The number of ether oxygens (including phenoxy) is 1. The molecule has 0 spiro atoms. The molecule has 1 aromatic carbocycles. The number of carbonyl (C=O) groups is 1. The molecule has 0 fully saturated rings. The van der Waals surface area contributed by atoms with Gasteiger partial charge in [0.25, 0.3) is 0 Å². The Hall–Kier alpha value is -2.77. The number of amides is 1. The van der Waals surface area contributed by atoms with Crippen LogP contribution in [0.4, 0.5) is 24.7 Å². The van der Waals surface area contributed by atoms with Gasteiger partial charge in [-0.2, -0.15) is 18.2 Å². The molecule has 5 nitrogen and oxygen atoms in total. The molecule has 2 aromatic rings. The fraction of sp³-hybridized carbons (Fsp3) is 0.455. The van der Waals surface area contributed by atoms with Crippen LogP contribution in [-0.4, -0.2) is 24.0 Å². The van der Waals surface area contributed by atoms with E-state index in [1.165, 1.54) is 12.1 Å². The molecule has 3 rings (SSSR count). The second-order valence-electron chi connectivity index (χ2n) is 8.73. The maximum atomic E-state index is 12.8. The predicted molar refractivity (Wildman–Crippen MR) is 110 cm³/mol. The fourth-order valence-electron chi connectivity index (χ4n) is 3.26. The van der Waals surface area contributed by atoms with Crippen LogP contribution in [0.5, 0.6) is 5.88 Å². The highest BCUT2D eigenvalue weighted by Crippen LogP contribution is 2.35. The molecule has 2 heterocycles. The normalized spacial score (nSPS) is 14.2. The van der Waals surface area contributed by atoms with Gasteiger partial charge in [-0.3, -0.25) is 4.79 Å². The third kappa shape index (κ3) is 5.43. The van der Waals surface area contributed by atoms with Gasteiger partial charge in [0.1, 0.15) is 18.1 Å². The number of benzene rings is 1. The summed E-state index contributed by atoms with van der Waals surface area (Å²) in [5.41, 5.74) is 1.51. The molecule has 0 saturated carbocycles. The molecule has 1 N–H and O–H groups in total. The lowest BCUT2D eigenvalue weighted by atomic mass is 9.92. The maximum Gasteiger partial charge on any atom is 0.416 e. The first kappa shape index (κ1) is 21.9. The standard InChI is InChI=1S/C22H26F3N3O2/c1-14-11-17-20(27-19(14)26-18(29)12-21(2,3)4)30-10-9-28(17)13-15-5-7-16(8-6-15)22(23,24)25/h5-8,11H,9-10,12-13H2,1-4H3,(H,26,27,29). The first-order chi connectivity index (χ1) is 13.9. The monoisotopic (exact) mass is 421 g/mol. The molecule has 0 radical (unpaired) electrons. The number of carbonyl (C=O) groups excluding carboxylic acids is 1. The summed E-state index contributed by atoms with van der Waals surface area (Å²) in [6, 6.07) is 7.04. The van der Waals surface area contributed by atoms with E-state index in [0.29, 0.717) is 37.8 Å². The Kier molecular flexibility index (Phi) is 5.97. The zero-order chi connectivity index (χ0) is 22.1. The Morgan fingerprint density at radius 3 is 2.47 bits per heavy atom. The number of nitrogens with one attached hydrogen (secondary N) is 1. The van der Waals surface area contributed by atoms with Crippen LogP contribution in [0.3, 0.4) is 0 Å². The summed E-state index contributed by atoms with van der Waals surface area (Å²) in [6.45, 7) is 9.24. The summed E-state index contributed by atoms with van der Waals surface area (Å²) >= 11 is 0. The quantitative estimate of drug-likeness (QED) is 0.739. The van der Waals surface area contributed by atoms with Gasteiger partial charge in [-0.05, 0) is 41.7 Å². The van der Waals surface area contributed by atoms with Crippen LogP contribution in [0.25, 0.3) is 0 Å². The van der Waals surface area contributed by atoms with E-state index >= 15 is 0 Å². The molecule has 0 aliphatic carbocycles. The summed E-state index contributed by atoms with van der Waals surface area (Å²) in [5, 5.41) is 2.85. The van der Waals surface area contributed by atoms with Gasteiger partial charge in [0.15, 0.2) is 0 Å². The number of alkyl halides is 3. The van der Waals surface area contributed by atoms with Gasteiger partial charge in [0.05, 0.1) is 12.1 Å². The molecule has 1 amide bonds. The van der Waals surface area contributed by atoms with E-state index in [4.69, 9.17) is 4.74 Å². The summed E-state index contributed by atoms with van der Waals surface area (Å²) in [6.07, 6.45) is -3.98. The van der Waals surface area contributed by atoms with Crippen molar-refractivity contribution in [3.05, 3.63) is 47.0 Å². The minimum absolute atomic E-state index is 0.115. The first-order valence-corrected chi connectivity index (χ1v) is 9.78. The topological polar surface area (TPSA) is 54.5 Å². The van der Waals surface area contributed by atoms with Crippen LogP contribution in [0.1, 0.15) is 43.9 Å². The highest BCUT2D eigenvalue weighted by Gasteiger charge is 2.30. The number of aryl methyl sites for hydroxylation is 1. The lowest BCUT2D eigenvalue weighted by Crippen LogP contribution is -2.33. The Morgan fingerprint density at radius 1 is 1.20 bits per heavy atom. The van der Waals surface area contributed by atoms with Crippen molar-refractivity contribution in [1.82, 2.24) is 4.98 Å². The summed E-state index contributed by atoms with van der Waals surface area (Å²) in [7, 11) is 0. The molecule has 1 aliphatic heterocycles. The number of aromatic nitrogens is 1. The molecule has 162 valence electrons. The zero-order valence-corrected chi connectivity index (χ0v) is 17.6. The van der Waals surface area contributed by atoms with E-state index in [9.17, 15) is 18.0 Å². The van der Waals surface area contributed by atoms with Crippen LogP contribution < -0.4 is 15.0 Å². The second kappa shape index (κ2) is 8.16. The average Bonchev–Trinajstić information content (AvgIpc) is 2.61. The molecule has 8 heteroatoms. The van der Waals surface area contributed by atoms with Gasteiger partial charge in [-0.1, -0.05) is 32.9 Å². The first-order valence-electron chi connectivity index (χ1n) is 9.78. The molecule has 0 saturated heterocycles. The minimum Gasteiger partial charge on any atom is -0.474 e. The lowest BCUT2D eigenvalue weighted by Gasteiger charge is -2.31. The van der Waals surface area contributed by atoms with E-state index < -0.39 is 11.7 Å². The van der Waals surface area contributed by atoms with Crippen molar-refractivity contribution < 1.29 is 22.7 Å². The molecule has 0 unspecified atom stereocenters. The van der Waals surface area contributed by atoms with Crippen LogP contribution in [0.15, 0.2) is 30.3 Å². The second-order valence-corrected chi connectivity index (χ2v) is 8.73. The van der Waals surface area contributed by atoms with E-state index in [1.807, 2.05) is 38.7 Å². The Bertz CT molecular complexity index is 919. The largest absolute Gasteiger partial charge is 0.474 e. The molecule has 1 aliphatic rings. The molecular weight excluding hydrogens is 395 g/mol. The number of anilines is 2. The number of fused-ring (bicyclic) bond motifs is 1. The Labute approximate surface area is 174 Å². The van der Waals surface area contributed by atoms with E-state index in [1.54, 1.807) is 0 Å². The third-order valence-electron chi connectivity index (χ3n) is 4.70. The van der Waals surface area contributed by atoms with Crippen LogP contribution >= 0.6 is 0 Å². The molecule has 30 heavy (non-hydrogen) atoms. The number of hydrogen-bond acceptors (Lipinski definition) is 4. The third-order valence-corrected chi connectivity index (χ3v) is 4.70. The van der Waals surface area contributed by atoms with Crippen molar-refractivity contribution in [2.24, 2.45) is 5.41 Å². The lowest BCUT2D eigenvalue weighted by molar-refractivity contribution is -0.137. The van der Waals surface area contributed by atoms with Crippen LogP contribution in [-0.2, 0) is 17.5 Å². The van der Waals surface area contributed by atoms with Crippen molar-refractivity contribution in [1.29, 1.82) is 0 Å². The molecular formula is C22H26F3N3O2. The van der Waals surface area contributed by atoms with Crippen LogP contribution in [0, 0.1) is 12.3 Å². The number of nitrogens with zero attached hydrogens (tertiary/aromatic N) is 2. The summed E-state index contributed by atoms with van der Waals surface area (Å²) < 4.78 is 44.0. The fourth-order valence-corrected chi connectivity index (χ4v) is 3.26. The molecule has 0 bridgehead atoms. The Morgan fingerprint density at radius 2 is 1.87 bits per heavy atom. The number of halogens is 3. The van der Waals surface area contributed by atoms with Gasteiger partial charge in [-0.15, -0.1) is 0 Å². The van der Waals surface area contributed by atoms with Gasteiger partial charge < -0.3 is 15.0 Å². The zero-order valence-electron chi connectivity index (χ0n) is 17.6. The van der Waals surface area contributed by atoms with Crippen LogP contribution in [0.2, 0.25) is 0 Å². The molecule has 0 atom stereocenters. The number of pyridine rings is 1. The van der Waals surface area contributed by atoms with Gasteiger partial charge in [0.2, 0.25) is 11.8 Å². The smallest absolute Gasteiger partial charge is 0.416 e. The predicted octanol–water partition coefficient (Wildman–Crippen LogP) is 5.18. The minimum atomic E-state index is -4.35. The average molecular weight is 421 g/mol. The molecule has 1 aromatic heterocycles. The highest BCUT2D eigenvalue weighted by molar-refractivity contribution is 5.91. The van der Waals surface area contributed by atoms with E-state index in [-0.39, 0.29) is 11.3 Å². The number of rotatable bonds is 4. The van der Waals surface area contributed by atoms with Crippen molar-refractivity contribution in [2.45, 2.75) is 46.8 Å². The van der Waals surface area contributed by atoms with Gasteiger partial charge in [-0.25, -0.2) is 0 Å². The van der Waals surface area contributed by atoms with E-state index in [2.05, 4.69) is 10.3 Å².